The van der Waals surface area contributed by atoms with Crippen molar-refractivity contribution in [3.63, 3.8) is 0 Å². The maximum Gasteiger partial charge on any atom is 0.326 e. The monoisotopic (exact) mass is 472 g/mol. The number of carbonyl (C=O) groups is 4. The van der Waals surface area contributed by atoms with Gasteiger partial charge in [-0.1, -0.05) is 29.8 Å². The summed E-state index contributed by atoms with van der Waals surface area (Å²) in [6, 6.07) is 10.3. The standard InChI is InChI=1S/C24H22ClFN2O5/c1-23(2,3)33-20(30)13-27-18-9-8-15(25)10-16(18)24(21(27)31)11-19(29)28(22(24)32)12-14-6-4-5-7-17(14)26/h4-10H,11-13H2,1-3H3. The molecule has 2 aliphatic rings. The molecule has 2 aromatic carbocycles. The molecule has 1 fully saturated rings. The predicted octanol–water partition coefficient (Wildman–Crippen LogP) is 3.36. The summed E-state index contributed by atoms with van der Waals surface area (Å²) in [5.41, 5.74) is -1.92. The first-order valence-corrected chi connectivity index (χ1v) is 10.7. The van der Waals surface area contributed by atoms with Crippen LogP contribution in [0, 0.1) is 5.82 Å². The Hall–Kier alpha value is -3.26. The van der Waals surface area contributed by atoms with Gasteiger partial charge in [0.25, 0.3) is 0 Å². The number of rotatable bonds is 4. The van der Waals surface area contributed by atoms with Gasteiger partial charge in [0.2, 0.25) is 17.7 Å². The topological polar surface area (TPSA) is 84.0 Å². The minimum absolute atomic E-state index is 0.152. The van der Waals surface area contributed by atoms with Gasteiger partial charge in [-0.2, -0.15) is 0 Å². The summed E-state index contributed by atoms with van der Waals surface area (Å²) in [6.07, 6.45) is -0.433. The summed E-state index contributed by atoms with van der Waals surface area (Å²) in [7, 11) is 0. The van der Waals surface area contributed by atoms with Gasteiger partial charge in [0.05, 0.1) is 13.0 Å². The van der Waals surface area contributed by atoms with Crippen molar-refractivity contribution < 1.29 is 28.3 Å². The molecule has 1 unspecified atom stereocenters. The van der Waals surface area contributed by atoms with Gasteiger partial charge in [-0.05, 0) is 45.0 Å². The smallest absolute Gasteiger partial charge is 0.326 e. The number of hydrogen-bond donors (Lipinski definition) is 0. The molecule has 9 heteroatoms. The number of esters is 1. The van der Waals surface area contributed by atoms with Crippen LogP contribution in [0.25, 0.3) is 0 Å². The average molecular weight is 473 g/mol. The Bertz CT molecular complexity index is 1190. The second-order valence-electron chi connectivity index (χ2n) is 9.10. The fourth-order valence-corrected chi connectivity index (χ4v) is 4.45. The molecule has 4 rings (SSSR count). The first-order valence-electron chi connectivity index (χ1n) is 10.4. The number of amides is 3. The van der Waals surface area contributed by atoms with Crippen LogP contribution < -0.4 is 4.90 Å². The Labute approximate surface area is 195 Å². The third-order valence-corrected chi connectivity index (χ3v) is 5.88. The van der Waals surface area contributed by atoms with Gasteiger partial charge in [0.15, 0.2) is 5.41 Å². The van der Waals surface area contributed by atoms with E-state index in [1.165, 1.54) is 36.4 Å². The van der Waals surface area contributed by atoms with E-state index in [-0.39, 0.29) is 22.7 Å². The molecule has 0 bridgehead atoms. The lowest BCUT2D eigenvalue weighted by atomic mass is 9.80. The molecule has 0 saturated carbocycles. The number of nitrogens with zero attached hydrogens (tertiary/aromatic N) is 2. The number of anilines is 1. The summed E-state index contributed by atoms with van der Waals surface area (Å²) in [5.74, 6) is -3.31. The minimum atomic E-state index is -1.86. The fraction of sp³-hybridized carbons (Fsp3) is 0.333. The normalized spacial score (nSPS) is 20.1. The zero-order valence-electron chi connectivity index (χ0n) is 18.4. The van der Waals surface area contributed by atoms with E-state index < -0.39 is 53.5 Å². The van der Waals surface area contributed by atoms with Crippen molar-refractivity contribution in [2.24, 2.45) is 0 Å². The molecule has 0 N–H and O–H groups in total. The van der Waals surface area contributed by atoms with E-state index in [1.807, 2.05) is 0 Å². The molecule has 1 spiro atoms. The number of likely N-dealkylation sites (tertiary alicyclic amines) is 1. The molecule has 0 aromatic heterocycles. The van der Waals surface area contributed by atoms with Crippen LogP contribution in [0.3, 0.4) is 0 Å². The summed E-state index contributed by atoms with van der Waals surface area (Å²) < 4.78 is 19.5. The largest absolute Gasteiger partial charge is 0.459 e. The van der Waals surface area contributed by atoms with Crippen LogP contribution in [0.1, 0.15) is 38.3 Å². The molecule has 1 atom stereocenters. The lowest BCUT2D eigenvalue weighted by Crippen LogP contribution is -2.48. The third-order valence-electron chi connectivity index (χ3n) is 5.64. The van der Waals surface area contributed by atoms with Crippen LogP contribution in [0.15, 0.2) is 42.5 Å². The summed E-state index contributed by atoms with van der Waals surface area (Å²) >= 11 is 6.16. The van der Waals surface area contributed by atoms with Crippen molar-refractivity contribution in [3.8, 4) is 0 Å². The van der Waals surface area contributed by atoms with Gasteiger partial charge in [0, 0.05) is 21.8 Å². The molecule has 2 heterocycles. The zero-order chi connectivity index (χ0) is 24.1. The summed E-state index contributed by atoms with van der Waals surface area (Å²) in [4.78, 5) is 54.6. The van der Waals surface area contributed by atoms with E-state index in [2.05, 4.69) is 0 Å². The molecule has 2 aliphatic heterocycles. The zero-order valence-corrected chi connectivity index (χ0v) is 19.1. The van der Waals surface area contributed by atoms with Crippen LogP contribution >= 0.6 is 11.6 Å². The summed E-state index contributed by atoms with van der Waals surface area (Å²) in [6.45, 7) is 4.37. The number of ether oxygens (including phenoxy) is 1. The average Bonchev–Trinajstić information content (AvgIpc) is 3.09. The lowest BCUT2D eigenvalue weighted by molar-refractivity contribution is -0.154. The van der Waals surface area contributed by atoms with Gasteiger partial charge < -0.3 is 4.74 Å². The first kappa shape index (κ1) is 22.9. The minimum Gasteiger partial charge on any atom is -0.459 e. The summed E-state index contributed by atoms with van der Waals surface area (Å²) in [5, 5.41) is 0.271. The van der Waals surface area contributed by atoms with Crippen molar-refractivity contribution in [2.75, 3.05) is 11.4 Å². The Morgan fingerprint density at radius 1 is 1.09 bits per heavy atom. The van der Waals surface area contributed by atoms with Gasteiger partial charge in [-0.15, -0.1) is 0 Å². The molecular formula is C24H22ClFN2O5. The number of carbonyl (C=O) groups excluding carboxylic acids is 4. The molecule has 1 saturated heterocycles. The van der Waals surface area contributed by atoms with E-state index in [0.717, 1.165) is 9.80 Å². The van der Waals surface area contributed by atoms with Crippen LogP contribution in [-0.2, 0) is 35.9 Å². The number of benzene rings is 2. The molecule has 0 aliphatic carbocycles. The van der Waals surface area contributed by atoms with E-state index in [0.29, 0.717) is 5.69 Å². The number of halogens is 2. The lowest BCUT2D eigenvalue weighted by Gasteiger charge is -2.24. The predicted molar refractivity (Wildman–Crippen MR) is 118 cm³/mol. The molecule has 33 heavy (non-hydrogen) atoms. The quantitative estimate of drug-likeness (QED) is 0.387. The Morgan fingerprint density at radius 3 is 2.42 bits per heavy atom. The maximum absolute atomic E-state index is 14.2. The van der Waals surface area contributed by atoms with Crippen molar-refractivity contribution >= 4 is 41.0 Å². The molecule has 172 valence electrons. The highest BCUT2D eigenvalue weighted by Gasteiger charge is 2.64. The highest BCUT2D eigenvalue weighted by Crippen LogP contribution is 2.49. The van der Waals surface area contributed by atoms with Crippen molar-refractivity contribution in [1.29, 1.82) is 0 Å². The maximum atomic E-state index is 14.2. The van der Waals surface area contributed by atoms with E-state index in [4.69, 9.17) is 16.3 Å². The van der Waals surface area contributed by atoms with E-state index in [1.54, 1.807) is 26.8 Å². The Balaban J connectivity index is 1.73. The number of imide groups is 1. The van der Waals surface area contributed by atoms with E-state index in [9.17, 15) is 23.6 Å². The fourth-order valence-electron chi connectivity index (χ4n) is 4.28. The first-order chi connectivity index (χ1) is 15.4. The van der Waals surface area contributed by atoms with Crippen molar-refractivity contribution in [3.05, 3.63) is 64.4 Å². The Morgan fingerprint density at radius 2 is 1.76 bits per heavy atom. The van der Waals surface area contributed by atoms with Crippen LogP contribution in [0.4, 0.5) is 10.1 Å². The van der Waals surface area contributed by atoms with Crippen LogP contribution in [0.2, 0.25) is 5.02 Å². The van der Waals surface area contributed by atoms with Crippen LogP contribution in [-0.4, -0.2) is 40.7 Å². The molecule has 7 nitrogen and oxygen atoms in total. The van der Waals surface area contributed by atoms with Gasteiger partial charge in [0.1, 0.15) is 18.0 Å². The second-order valence-corrected chi connectivity index (χ2v) is 9.53. The van der Waals surface area contributed by atoms with Gasteiger partial charge >= 0.3 is 5.97 Å². The number of fused-ring (bicyclic) bond motifs is 2. The highest BCUT2D eigenvalue weighted by molar-refractivity contribution is 6.32. The van der Waals surface area contributed by atoms with E-state index >= 15 is 0 Å². The third kappa shape index (κ3) is 3.88. The van der Waals surface area contributed by atoms with Crippen LogP contribution in [0.5, 0.6) is 0 Å². The van der Waals surface area contributed by atoms with Crippen molar-refractivity contribution in [1.82, 2.24) is 4.90 Å². The van der Waals surface area contributed by atoms with Gasteiger partial charge in [-0.3, -0.25) is 29.0 Å². The Kier molecular flexibility index (Phi) is 5.52. The molecule has 0 radical (unpaired) electrons. The van der Waals surface area contributed by atoms with Crippen molar-refractivity contribution in [2.45, 2.75) is 44.8 Å². The van der Waals surface area contributed by atoms with Gasteiger partial charge in [-0.25, -0.2) is 4.39 Å². The molecular weight excluding hydrogens is 451 g/mol. The SMILES string of the molecule is CC(C)(C)OC(=O)CN1C(=O)C2(CC(=O)N(Cc3ccccc3F)C2=O)c2cc(Cl)ccc21. The molecule has 3 amide bonds. The second kappa shape index (κ2) is 7.95. The highest BCUT2D eigenvalue weighted by atomic mass is 35.5. The molecule has 2 aromatic rings. The number of hydrogen-bond acceptors (Lipinski definition) is 5.